The number of amides is 1. The van der Waals surface area contributed by atoms with Gasteiger partial charge in [0.05, 0.1) is 16.3 Å². The van der Waals surface area contributed by atoms with Gasteiger partial charge in [-0.1, -0.05) is 28.3 Å². The molecule has 2 heterocycles. The van der Waals surface area contributed by atoms with Crippen LogP contribution in [0.15, 0.2) is 71.4 Å². The van der Waals surface area contributed by atoms with E-state index in [2.05, 4.69) is 25.8 Å². The summed E-state index contributed by atoms with van der Waals surface area (Å²) in [5.74, 6) is 0.0734. The van der Waals surface area contributed by atoms with E-state index in [0.29, 0.717) is 38.4 Å². The Bertz CT molecular complexity index is 1150. The van der Waals surface area contributed by atoms with Gasteiger partial charge < -0.3 is 15.1 Å². The van der Waals surface area contributed by atoms with Crippen LogP contribution in [-0.2, 0) is 0 Å². The van der Waals surface area contributed by atoms with E-state index in [0.717, 1.165) is 0 Å². The number of hydrogen-bond acceptors (Lipinski definition) is 6. The van der Waals surface area contributed by atoms with Crippen molar-refractivity contribution in [2.75, 3.05) is 10.6 Å². The first-order valence-corrected chi connectivity index (χ1v) is 9.21. The van der Waals surface area contributed by atoms with Crippen molar-refractivity contribution < 1.29 is 9.21 Å². The third kappa shape index (κ3) is 4.53. The average molecular weight is 426 g/mol. The molecule has 0 spiro atoms. The molecule has 7 nitrogen and oxygen atoms in total. The van der Waals surface area contributed by atoms with Gasteiger partial charge >= 0.3 is 6.01 Å². The van der Waals surface area contributed by atoms with Gasteiger partial charge in [-0.3, -0.25) is 9.78 Å². The smallest absolute Gasteiger partial charge is 0.320 e. The molecule has 4 aromatic rings. The van der Waals surface area contributed by atoms with Crippen LogP contribution in [0.25, 0.3) is 11.5 Å². The summed E-state index contributed by atoms with van der Waals surface area (Å²) in [6.07, 6.45) is 3.11. The minimum Gasteiger partial charge on any atom is -0.403 e. The first kappa shape index (κ1) is 18.9. The summed E-state index contributed by atoms with van der Waals surface area (Å²) in [5, 5.41) is 14.7. The zero-order valence-corrected chi connectivity index (χ0v) is 16.3. The third-order valence-corrected chi connectivity index (χ3v) is 4.47. The lowest BCUT2D eigenvalue weighted by Gasteiger charge is -2.05. The molecule has 0 aliphatic rings. The number of rotatable bonds is 5. The van der Waals surface area contributed by atoms with E-state index in [1.165, 1.54) is 6.20 Å². The van der Waals surface area contributed by atoms with E-state index < -0.39 is 0 Å². The maximum Gasteiger partial charge on any atom is 0.320 e. The van der Waals surface area contributed by atoms with Crippen LogP contribution in [0.3, 0.4) is 0 Å². The number of carbonyl (C=O) groups is 1. The summed E-state index contributed by atoms with van der Waals surface area (Å²) >= 11 is 12.1. The molecule has 29 heavy (non-hydrogen) atoms. The fourth-order valence-corrected chi connectivity index (χ4v) is 2.83. The second kappa shape index (κ2) is 8.30. The highest BCUT2D eigenvalue weighted by atomic mass is 35.5. The molecule has 2 aromatic heterocycles. The second-order valence-electron chi connectivity index (χ2n) is 5.93. The molecule has 0 fully saturated rings. The van der Waals surface area contributed by atoms with Gasteiger partial charge in [0.25, 0.3) is 5.91 Å². The van der Waals surface area contributed by atoms with Crippen LogP contribution >= 0.6 is 23.2 Å². The van der Waals surface area contributed by atoms with Crippen LogP contribution in [0, 0.1) is 0 Å². The maximum absolute atomic E-state index is 12.2. The molecule has 1 amide bonds. The number of nitrogens with zero attached hydrogens (tertiary/aromatic N) is 3. The van der Waals surface area contributed by atoms with Gasteiger partial charge in [-0.05, 0) is 54.6 Å². The molecule has 0 aliphatic heterocycles. The monoisotopic (exact) mass is 425 g/mol. The van der Waals surface area contributed by atoms with Crippen molar-refractivity contribution >= 4 is 46.5 Å². The van der Waals surface area contributed by atoms with Gasteiger partial charge in [-0.25, -0.2) is 0 Å². The van der Waals surface area contributed by atoms with E-state index in [1.807, 2.05) is 0 Å². The number of hydrogen-bond donors (Lipinski definition) is 2. The number of anilines is 3. The lowest BCUT2D eigenvalue weighted by atomic mass is 10.2. The Labute approximate surface area is 175 Å². The van der Waals surface area contributed by atoms with Crippen molar-refractivity contribution in [1.29, 1.82) is 0 Å². The first-order valence-electron chi connectivity index (χ1n) is 8.46. The second-order valence-corrected chi connectivity index (χ2v) is 6.78. The lowest BCUT2D eigenvalue weighted by Crippen LogP contribution is -2.11. The predicted octanol–water partition coefficient (Wildman–Crippen LogP) is 5.43. The summed E-state index contributed by atoms with van der Waals surface area (Å²) in [6, 6.07) is 15.6. The summed E-state index contributed by atoms with van der Waals surface area (Å²) < 4.78 is 5.63. The zero-order chi connectivity index (χ0) is 20.2. The number of benzene rings is 2. The van der Waals surface area contributed by atoms with Gasteiger partial charge in [0.2, 0.25) is 5.89 Å². The quantitative estimate of drug-likeness (QED) is 0.442. The number of pyridine rings is 1. The van der Waals surface area contributed by atoms with Crippen molar-refractivity contribution in [2.45, 2.75) is 0 Å². The highest BCUT2D eigenvalue weighted by molar-refractivity contribution is 6.35. The van der Waals surface area contributed by atoms with Gasteiger partial charge in [-0.2, -0.15) is 0 Å². The van der Waals surface area contributed by atoms with Crippen LogP contribution in [0.4, 0.5) is 17.4 Å². The highest BCUT2D eigenvalue weighted by Crippen LogP contribution is 2.29. The Balaban J connectivity index is 1.46. The van der Waals surface area contributed by atoms with Crippen molar-refractivity contribution in [3.8, 4) is 11.5 Å². The van der Waals surface area contributed by atoms with E-state index in [-0.39, 0.29) is 11.9 Å². The summed E-state index contributed by atoms with van der Waals surface area (Å²) in [6.45, 7) is 0. The number of halogens is 2. The van der Waals surface area contributed by atoms with Crippen LogP contribution in [0.5, 0.6) is 0 Å². The Hall–Kier alpha value is -3.42. The fourth-order valence-electron chi connectivity index (χ4n) is 2.50. The van der Waals surface area contributed by atoms with Crippen LogP contribution < -0.4 is 10.6 Å². The molecular weight excluding hydrogens is 413 g/mol. The van der Waals surface area contributed by atoms with E-state index in [9.17, 15) is 4.79 Å². The Kier molecular flexibility index (Phi) is 5.41. The molecular formula is C20H13Cl2N5O2. The minimum absolute atomic E-state index is 0.179. The standard InChI is InChI=1S/C20H13Cl2N5O2/c21-14-5-8-16(22)17(10-14)25-20-27-26-19(29-20)12-3-6-15(7-4-12)24-18(28)13-2-1-9-23-11-13/h1-11H,(H,24,28)(H,25,27). The van der Waals surface area contributed by atoms with Gasteiger partial charge in [-0.15, -0.1) is 5.10 Å². The fraction of sp³-hybridized carbons (Fsp3) is 0. The number of aromatic nitrogens is 3. The SMILES string of the molecule is O=C(Nc1ccc(-c2nnc(Nc3cc(Cl)ccc3Cl)o2)cc1)c1cccnc1. The van der Waals surface area contributed by atoms with Crippen LogP contribution in [0.2, 0.25) is 10.0 Å². The molecule has 4 rings (SSSR count). The molecule has 9 heteroatoms. The molecule has 2 aromatic carbocycles. The topological polar surface area (TPSA) is 92.9 Å². The number of carbonyl (C=O) groups excluding carboxylic acids is 1. The van der Waals surface area contributed by atoms with Crippen molar-refractivity contribution in [3.05, 3.63) is 82.6 Å². The molecule has 0 atom stereocenters. The van der Waals surface area contributed by atoms with Gasteiger partial charge in [0.15, 0.2) is 0 Å². The molecule has 0 radical (unpaired) electrons. The molecule has 0 saturated carbocycles. The maximum atomic E-state index is 12.2. The third-order valence-electron chi connectivity index (χ3n) is 3.91. The average Bonchev–Trinajstić information content (AvgIpc) is 3.20. The summed E-state index contributed by atoms with van der Waals surface area (Å²) in [7, 11) is 0. The predicted molar refractivity (Wildman–Crippen MR) is 112 cm³/mol. The normalized spacial score (nSPS) is 10.6. The largest absolute Gasteiger partial charge is 0.403 e. The lowest BCUT2D eigenvalue weighted by molar-refractivity contribution is 0.102. The molecule has 0 aliphatic carbocycles. The molecule has 0 saturated heterocycles. The molecule has 0 unspecified atom stereocenters. The summed E-state index contributed by atoms with van der Waals surface area (Å²) in [5.41, 5.74) is 2.36. The Morgan fingerprint density at radius 3 is 2.59 bits per heavy atom. The summed E-state index contributed by atoms with van der Waals surface area (Å²) in [4.78, 5) is 16.1. The van der Waals surface area contributed by atoms with Gasteiger partial charge in [0.1, 0.15) is 0 Å². The van der Waals surface area contributed by atoms with Crippen LogP contribution in [-0.4, -0.2) is 21.1 Å². The minimum atomic E-state index is -0.242. The highest BCUT2D eigenvalue weighted by Gasteiger charge is 2.11. The van der Waals surface area contributed by atoms with Gasteiger partial charge in [0, 0.05) is 28.7 Å². The van der Waals surface area contributed by atoms with E-state index >= 15 is 0 Å². The van der Waals surface area contributed by atoms with Crippen molar-refractivity contribution in [1.82, 2.24) is 15.2 Å². The first-order chi connectivity index (χ1) is 14.1. The van der Waals surface area contributed by atoms with Crippen molar-refractivity contribution in [2.24, 2.45) is 0 Å². The van der Waals surface area contributed by atoms with Crippen LogP contribution in [0.1, 0.15) is 10.4 Å². The Morgan fingerprint density at radius 1 is 1.00 bits per heavy atom. The van der Waals surface area contributed by atoms with Crippen molar-refractivity contribution in [3.63, 3.8) is 0 Å². The van der Waals surface area contributed by atoms with E-state index in [1.54, 1.807) is 60.8 Å². The zero-order valence-electron chi connectivity index (χ0n) is 14.8. The Morgan fingerprint density at radius 2 is 1.83 bits per heavy atom. The molecule has 0 bridgehead atoms. The number of nitrogens with one attached hydrogen (secondary N) is 2. The molecule has 2 N–H and O–H groups in total. The van der Waals surface area contributed by atoms with E-state index in [4.69, 9.17) is 27.6 Å². The molecule has 144 valence electrons.